The average Bonchev–Trinajstić information content (AvgIpc) is 3.28. The quantitative estimate of drug-likeness (QED) is 0.529. The average molecular weight is 471 g/mol. The molecule has 34 heavy (non-hydrogen) atoms. The number of ether oxygens (including phenoxy) is 4. The van der Waals surface area contributed by atoms with Gasteiger partial charge < -0.3 is 29.6 Å². The molecule has 1 heterocycles. The standard InChI is InChI=1S/C23H25N3O8/c1-14(21(28)26-11-10-24-23(26)30)34-22(29)15-4-9-18(19(12-15)32-3)33-13-20(27)25-16-5-7-17(31-2)8-6-16/h4-9,12,14H,10-11,13H2,1-3H3,(H,24,30)(H,25,27). The summed E-state index contributed by atoms with van der Waals surface area (Å²) >= 11 is 0. The largest absolute Gasteiger partial charge is 0.497 e. The van der Waals surface area contributed by atoms with Crippen molar-refractivity contribution in [2.45, 2.75) is 13.0 Å². The number of carbonyl (C=O) groups excluding carboxylic acids is 4. The molecule has 1 saturated heterocycles. The highest BCUT2D eigenvalue weighted by Crippen LogP contribution is 2.28. The van der Waals surface area contributed by atoms with Crippen molar-refractivity contribution in [3.8, 4) is 17.2 Å². The Morgan fingerprint density at radius 1 is 1.06 bits per heavy atom. The van der Waals surface area contributed by atoms with E-state index in [1.807, 2.05) is 0 Å². The van der Waals surface area contributed by atoms with E-state index in [1.165, 1.54) is 32.2 Å². The normalized spacial score (nSPS) is 13.5. The smallest absolute Gasteiger partial charge is 0.339 e. The van der Waals surface area contributed by atoms with Crippen LogP contribution in [-0.4, -0.2) is 68.7 Å². The Morgan fingerprint density at radius 3 is 2.41 bits per heavy atom. The van der Waals surface area contributed by atoms with E-state index in [-0.39, 0.29) is 30.2 Å². The lowest BCUT2D eigenvalue weighted by Gasteiger charge is -2.18. The Balaban J connectivity index is 1.57. The molecule has 180 valence electrons. The van der Waals surface area contributed by atoms with Crippen LogP contribution in [0.25, 0.3) is 0 Å². The summed E-state index contributed by atoms with van der Waals surface area (Å²) in [5.74, 6) is -0.681. The van der Waals surface area contributed by atoms with Gasteiger partial charge in [-0.05, 0) is 49.4 Å². The highest BCUT2D eigenvalue weighted by atomic mass is 16.5. The maximum Gasteiger partial charge on any atom is 0.339 e. The number of benzene rings is 2. The molecule has 0 spiro atoms. The number of amides is 4. The summed E-state index contributed by atoms with van der Waals surface area (Å²) < 4.78 is 21.0. The summed E-state index contributed by atoms with van der Waals surface area (Å²) in [7, 11) is 2.93. The van der Waals surface area contributed by atoms with E-state index < -0.39 is 29.9 Å². The zero-order valence-electron chi connectivity index (χ0n) is 19.0. The molecule has 2 aromatic carbocycles. The second kappa shape index (κ2) is 11.0. The highest BCUT2D eigenvalue weighted by molar-refractivity contribution is 5.99. The summed E-state index contributed by atoms with van der Waals surface area (Å²) in [4.78, 5) is 49.6. The number of urea groups is 1. The summed E-state index contributed by atoms with van der Waals surface area (Å²) in [5, 5.41) is 5.20. The molecule has 0 bridgehead atoms. The van der Waals surface area contributed by atoms with Crippen molar-refractivity contribution in [1.29, 1.82) is 0 Å². The first-order valence-corrected chi connectivity index (χ1v) is 10.4. The van der Waals surface area contributed by atoms with Gasteiger partial charge in [-0.25, -0.2) is 9.59 Å². The van der Waals surface area contributed by atoms with Gasteiger partial charge in [-0.2, -0.15) is 0 Å². The van der Waals surface area contributed by atoms with Crippen molar-refractivity contribution in [2.24, 2.45) is 0 Å². The molecule has 1 aliphatic rings. The molecule has 0 aromatic heterocycles. The lowest BCUT2D eigenvalue weighted by molar-refractivity contribution is -0.136. The number of anilines is 1. The summed E-state index contributed by atoms with van der Waals surface area (Å²) in [6.45, 7) is 1.66. The maximum atomic E-state index is 12.5. The Kier molecular flexibility index (Phi) is 7.91. The molecular weight excluding hydrogens is 446 g/mol. The van der Waals surface area contributed by atoms with Crippen molar-refractivity contribution in [3.63, 3.8) is 0 Å². The van der Waals surface area contributed by atoms with Gasteiger partial charge in [0, 0.05) is 18.8 Å². The summed E-state index contributed by atoms with van der Waals surface area (Å²) in [6, 6.07) is 10.5. The minimum atomic E-state index is -1.15. The number of hydrogen-bond acceptors (Lipinski definition) is 8. The van der Waals surface area contributed by atoms with Crippen LogP contribution in [0.15, 0.2) is 42.5 Å². The number of carbonyl (C=O) groups is 4. The predicted octanol–water partition coefficient (Wildman–Crippen LogP) is 1.82. The van der Waals surface area contributed by atoms with Crippen molar-refractivity contribution >= 4 is 29.5 Å². The molecule has 11 heteroatoms. The van der Waals surface area contributed by atoms with Gasteiger partial charge in [0.05, 0.1) is 19.8 Å². The second-order valence-electron chi connectivity index (χ2n) is 7.20. The molecule has 1 fully saturated rings. The van der Waals surface area contributed by atoms with Crippen LogP contribution < -0.4 is 24.8 Å². The van der Waals surface area contributed by atoms with Crippen molar-refractivity contribution in [3.05, 3.63) is 48.0 Å². The monoisotopic (exact) mass is 471 g/mol. The Morgan fingerprint density at radius 2 is 1.79 bits per heavy atom. The molecule has 4 amide bonds. The zero-order chi connectivity index (χ0) is 24.7. The number of esters is 1. The van der Waals surface area contributed by atoms with Gasteiger partial charge in [-0.3, -0.25) is 14.5 Å². The fourth-order valence-corrected chi connectivity index (χ4v) is 3.11. The Bertz CT molecular complexity index is 1070. The van der Waals surface area contributed by atoms with E-state index in [4.69, 9.17) is 18.9 Å². The Labute approximate surface area is 195 Å². The third kappa shape index (κ3) is 5.94. The van der Waals surface area contributed by atoms with Crippen LogP contribution in [0, 0.1) is 0 Å². The molecule has 3 rings (SSSR count). The number of methoxy groups -OCH3 is 2. The predicted molar refractivity (Wildman–Crippen MR) is 120 cm³/mol. The van der Waals surface area contributed by atoms with Crippen LogP contribution >= 0.6 is 0 Å². The van der Waals surface area contributed by atoms with Gasteiger partial charge in [0.15, 0.2) is 24.2 Å². The van der Waals surface area contributed by atoms with E-state index >= 15 is 0 Å². The molecule has 2 N–H and O–H groups in total. The van der Waals surface area contributed by atoms with Gasteiger partial charge >= 0.3 is 12.0 Å². The number of imide groups is 1. The van der Waals surface area contributed by atoms with Crippen LogP contribution in [0.1, 0.15) is 17.3 Å². The van der Waals surface area contributed by atoms with Crippen LogP contribution in [-0.2, 0) is 14.3 Å². The summed E-state index contributed by atoms with van der Waals surface area (Å²) in [5.41, 5.74) is 0.687. The molecule has 2 aromatic rings. The van der Waals surface area contributed by atoms with Crippen LogP contribution in [0.3, 0.4) is 0 Å². The minimum absolute atomic E-state index is 0.109. The van der Waals surface area contributed by atoms with Gasteiger partial charge in [-0.15, -0.1) is 0 Å². The van der Waals surface area contributed by atoms with Gasteiger partial charge in [0.25, 0.3) is 11.8 Å². The van der Waals surface area contributed by atoms with E-state index in [1.54, 1.807) is 31.4 Å². The second-order valence-corrected chi connectivity index (χ2v) is 7.20. The van der Waals surface area contributed by atoms with E-state index in [2.05, 4.69) is 10.6 Å². The van der Waals surface area contributed by atoms with Gasteiger partial charge in [0.1, 0.15) is 5.75 Å². The van der Waals surface area contributed by atoms with E-state index in [9.17, 15) is 19.2 Å². The molecule has 1 aliphatic heterocycles. The first-order valence-electron chi connectivity index (χ1n) is 10.4. The zero-order valence-corrected chi connectivity index (χ0v) is 19.0. The number of nitrogens with one attached hydrogen (secondary N) is 2. The topological polar surface area (TPSA) is 132 Å². The lowest BCUT2D eigenvalue weighted by atomic mass is 10.2. The molecule has 0 saturated carbocycles. The maximum absolute atomic E-state index is 12.5. The van der Waals surface area contributed by atoms with E-state index in [0.29, 0.717) is 18.0 Å². The Hall–Kier alpha value is -4.28. The molecule has 11 nitrogen and oxygen atoms in total. The lowest BCUT2D eigenvalue weighted by Crippen LogP contribution is -2.41. The first-order chi connectivity index (χ1) is 16.3. The number of nitrogens with zero attached hydrogens (tertiary/aromatic N) is 1. The van der Waals surface area contributed by atoms with Gasteiger partial charge in [0.2, 0.25) is 0 Å². The van der Waals surface area contributed by atoms with Crippen LogP contribution in [0.2, 0.25) is 0 Å². The third-order valence-electron chi connectivity index (χ3n) is 4.89. The molecule has 0 radical (unpaired) electrons. The highest BCUT2D eigenvalue weighted by Gasteiger charge is 2.32. The van der Waals surface area contributed by atoms with Crippen molar-refractivity contribution in [1.82, 2.24) is 10.2 Å². The van der Waals surface area contributed by atoms with Crippen LogP contribution in [0.5, 0.6) is 17.2 Å². The van der Waals surface area contributed by atoms with Crippen LogP contribution in [0.4, 0.5) is 10.5 Å². The van der Waals surface area contributed by atoms with E-state index in [0.717, 1.165) is 4.90 Å². The third-order valence-corrected chi connectivity index (χ3v) is 4.89. The number of rotatable bonds is 9. The number of hydrogen-bond donors (Lipinski definition) is 2. The molecule has 0 aliphatic carbocycles. The van der Waals surface area contributed by atoms with Crippen molar-refractivity contribution < 1.29 is 38.1 Å². The minimum Gasteiger partial charge on any atom is -0.497 e. The molecular formula is C23H25N3O8. The summed E-state index contributed by atoms with van der Waals surface area (Å²) in [6.07, 6.45) is -1.15. The van der Waals surface area contributed by atoms with Gasteiger partial charge in [-0.1, -0.05) is 0 Å². The first kappa shape index (κ1) is 24.4. The fraction of sp³-hybridized carbons (Fsp3) is 0.304. The van der Waals surface area contributed by atoms with Crippen molar-refractivity contribution in [2.75, 3.05) is 39.2 Å². The molecule has 1 unspecified atom stereocenters. The fourth-order valence-electron chi connectivity index (χ4n) is 3.11. The molecule has 1 atom stereocenters. The SMILES string of the molecule is COc1ccc(NC(=O)COc2ccc(C(=O)OC(C)C(=O)N3CCNC3=O)cc2OC)cc1.